The molecule has 3 aromatic rings. The molecule has 4 fully saturated rings. The van der Waals surface area contributed by atoms with Crippen molar-refractivity contribution < 1.29 is 47.4 Å². The van der Waals surface area contributed by atoms with E-state index in [4.69, 9.17) is 47.4 Å². The van der Waals surface area contributed by atoms with Gasteiger partial charge in [-0.25, -0.2) is 0 Å². The first-order valence-electron chi connectivity index (χ1n) is 17.8. The van der Waals surface area contributed by atoms with Crippen molar-refractivity contribution in [2.75, 3.05) is 13.7 Å². The summed E-state index contributed by atoms with van der Waals surface area (Å²) in [5.74, 6) is -1.43. The van der Waals surface area contributed by atoms with Crippen molar-refractivity contribution in [3.8, 4) is 0 Å². The van der Waals surface area contributed by atoms with Crippen molar-refractivity contribution in [3.63, 3.8) is 0 Å². The van der Waals surface area contributed by atoms with E-state index in [-0.39, 0.29) is 44.2 Å². The van der Waals surface area contributed by atoms with Crippen LogP contribution >= 0.6 is 0 Å². The van der Waals surface area contributed by atoms with E-state index in [1.807, 2.05) is 94.4 Å². The summed E-state index contributed by atoms with van der Waals surface area (Å²) in [5, 5.41) is 0.678. The van der Waals surface area contributed by atoms with Crippen LogP contribution in [0, 0.1) is 0 Å². The number of benzene rings is 3. The minimum absolute atomic E-state index is 0.0156. The molecule has 3 aromatic carbocycles. The summed E-state index contributed by atoms with van der Waals surface area (Å²) >= 11 is -0.0665. The topological polar surface area (TPSA) is 92.3 Å². The van der Waals surface area contributed by atoms with Gasteiger partial charge < -0.3 is 0 Å². The van der Waals surface area contributed by atoms with Gasteiger partial charge in [-0.1, -0.05) is 0 Å². The van der Waals surface area contributed by atoms with Crippen LogP contribution in [0.15, 0.2) is 91.0 Å². The van der Waals surface area contributed by atoms with Gasteiger partial charge in [-0.2, -0.15) is 0 Å². The number of ether oxygens (including phenoxy) is 10. The van der Waals surface area contributed by atoms with Crippen LogP contribution in [0.25, 0.3) is 0 Å². The normalized spacial score (nSPS) is 34.1. The first kappa shape index (κ1) is 37.1. The molecule has 0 aromatic heterocycles. The Kier molecular flexibility index (Phi) is 12.0. The van der Waals surface area contributed by atoms with Gasteiger partial charge in [-0.3, -0.25) is 0 Å². The third-order valence-corrected chi connectivity index (χ3v) is 12.6. The molecular formula is C40H50O10Se. The Morgan fingerprint density at radius 1 is 0.627 bits per heavy atom. The number of fused-ring (bicyclic) bond motifs is 1. The molecule has 0 radical (unpaired) electrons. The second-order valence-electron chi connectivity index (χ2n) is 14.3. The third-order valence-electron chi connectivity index (χ3n) is 9.56. The molecule has 0 bridgehead atoms. The molecule has 0 saturated carbocycles. The maximum atomic E-state index is 6.84. The van der Waals surface area contributed by atoms with Crippen molar-refractivity contribution in [1.82, 2.24) is 0 Å². The standard InChI is InChI=1S/C40H50O10Se/c1-39(2)45-24-29(48-39)32-36(35-38(47-32)50-40(3,4)49-35)51-25-30-31(42-21-26-15-9-6-10-16-26)33(43-22-27-17-11-7-12-18-27)34(37(41-5)46-30)44-23-28-19-13-8-14-20-28/h6-20,29-38H,21-25H2,1-5H3/t29-,30-,31-,32-,33+,34+,35-,36+,37+,38-/m1/s1. The van der Waals surface area contributed by atoms with E-state index in [9.17, 15) is 0 Å². The summed E-state index contributed by atoms with van der Waals surface area (Å²) in [7, 11) is 1.65. The second kappa shape index (κ2) is 16.4. The summed E-state index contributed by atoms with van der Waals surface area (Å²) in [4.78, 5) is 0.0156. The molecule has 51 heavy (non-hydrogen) atoms. The molecule has 7 rings (SSSR count). The summed E-state index contributed by atoms with van der Waals surface area (Å²) in [5.41, 5.74) is 3.17. The van der Waals surface area contributed by atoms with Gasteiger partial charge in [0.05, 0.1) is 0 Å². The minimum atomic E-state index is -0.746. The molecule has 4 heterocycles. The molecule has 4 aliphatic rings. The summed E-state index contributed by atoms with van der Waals surface area (Å²) < 4.78 is 64.6. The Morgan fingerprint density at radius 3 is 1.71 bits per heavy atom. The number of hydrogen-bond acceptors (Lipinski definition) is 10. The zero-order chi connectivity index (χ0) is 35.4. The van der Waals surface area contributed by atoms with E-state index < -0.39 is 42.5 Å². The second-order valence-corrected chi connectivity index (χ2v) is 16.8. The molecule has 0 unspecified atom stereocenters. The molecule has 4 aliphatic heterocycles. The molecule has 0 aliphatic carbocycles. The number of hydrogen-bond donors (Lipinski definition) is 0. The van der Waals surface area contributed by atoms with Crippen molar-refractivity contribution in [2.45, 2.75) is 125 Å². The molecule has 0 N–H and O–H groups in total. The fourth-order valence-electron chi connectivity index (χ4n) is 7.15. The van der Waals surface area contributed by atoms with Crippen LogP contribution in [-0.4, -0.2) is 95.6 Å². The monoisotopic (exact) mass is 770 g/mol. The maximum absolute atomic E-state index is 6.84. The van der Waals surface area contributed by atoms with E-state index >= 15 is 0 Å². The summed E-state index contributed by atoms with van der Waals surface area (Å²) in [6, 6.07) is 30.4. The summed E-state index contributed by atoms with van der Waals surface area (Å²) in [6.45, 7) is 9.30. The van der Waals surface area contributed by atoms with Gasteiger partial charge in [-0.05, 0) is 0 Å². The Labute approximate surface area is 307 Å². The zero-order valence-corrected chi connectivity index (χ0v) is 31.7. The van der Waals surface area contributed by atoms with Gasteiger partial charge in [0, 0.05) is 0 Å². The molecule has 10 atom stereocenters. The van der Waals surface area contributed by atoms with E-state index in [1.54, 1.807) is 7.11 Å². The predicted octanol–water partition coefficient (Wildman–Crippen LogP) is 6.05. The molecule has 0 amide bonds. The van der Waals surface area contributed by atoms with Gasteiger partial charge >= 0.3 is 308 Å². The van der Waals surface area contributed by atoms with Gasteiger partial charge in [0.1, 0.15) is 0 Å². The number of rotatable bonds is 14. The fourth-order valence-corrected chi connectivity index (χ4v) is 10.3. The Balaban J connectivity index is 1.16. The molecule has 0 spiro atoms. The van der Waals surface area contributed by atoms with Crippen molar-refractivity contribution >= 4 is 15.0 Å². The molecule has 10 nitrogen and oxygen atoms in total. The van der Waals surface area contributed by atoms with Crippen molar-refractivity contribution in [1.29, 1.82) is 0 Å². The first-order chi connectivity index (χ1) is 24.7. The Hall–Kier alpha value is -2.22. The first-order valence-corrected chi connectivity index (χ1v) is 20.0. The average molecular weight is 770 g/mol. The van der Waals surface area contributed by atoms with Gasteiger partial charge in [-0.15, -0.1) is 0 Å². The van der Waals surface area contributed by atoms with Gasteiger partial charge in [0.15, 0.2) is 0 Å². The zero-order valence-electron chi connectivity index (χ0n) is 30.0. The average Bonchev–Trinajstić information content (AvgIpc) is 3.77. The Morgan fingerprint density at radius 2 is 1.18 bits per heavy atom. The van der Waals surface area contributed by atoms with Gasteiger partial charge in [0.2, 0.25) is 0 Å². The predicted molar refractivity (Wildman–Crippen MR) is 189 cm³/mol. The van der Waals surface area contributed by atoms with E-state index in [0.717, 1.165) is 16.7 Å². The van der Waals surface area contributed by atoms with E-state index in [2.05, 4.69) is 24.3 Å². The molecule has 11 heteroatoms. The molecule has 276 valence electrons. The van der Waals surface area contributed by atoms with Crippen LogP contribution in [0.5, 0.6) is 0 Å². The number of methoxy groups -OCH3 is 1. The van der Waals surface area contributed by atoms with Crippen molar-refractivity contribution in [2.24, 2.45) is 0 Å². The SMILES string of the molecule is CO[C@H]1O[C@H](C[Se][C@@H]2[C@H]3OC(C)(C)O[C@H]3O[C@@H]2[C@H]2COC(C)(C)O2)[C@@H](OCc2ccccc2)[C@H](OCc2ccccc2)[C@@H]1OCc1ccccc1. The van der Waals surface area contributed by atoms with E-state index in [0.29, 0.717) is 31.7 Å². The fraction of sp³-hybridized carbons (Fsp3) is 0.550. The van der Waals surface area contributed by atoms with Crippen molar-refractivity contribution in [3.05, 3.63) is 108 Å². The van der Waals surface area contributed by atoms with Crippen LogP contribution in [-0.2, 0) is 67.2 Å². The van der Waals surface area contributed by atoms with Crippen LogP contribution in [0.2, 0.25) is 10.1 Å². The Bertz CT molecular complexity index is 1510. The quantitative estimate of drug-likeness (QED) is 0.181. The summed E-state index contributed by atoms with van der Waals surface area (Å²) in [6.07, 6.45) is -3.81. The van der Waals surface area contributed by atoms with E-state index in [1.165, 1.54) is 0 Å². The molecular weight excluding hydrogens is 719 g/mol. The molecule has 4 saturated heterocycles. The van der Waals surface area contributed by atoms with Crippen LogP contribution in [0.4, 0.5) is 0 Å². The third kappa shape index (κ3) is 9.12. The van der Waals surface area contributed by atoms with Crippen LogP contribution in [0.1, 0.15) is 44.4 Å². The van der Waals surface area contributed by atoms with Crippen LogP contribution < -0.4 is 0 Å². The van der Waals surface area contributed by atoms with Gasteiger partial charge in [0.25, 0.3) is 0 Å². The van der Waals surface area contributed by atoms with Crippen LogP contribution in [0.3, 0.4) is 0 Å².